The molecule has 0 saturated carbocycles. The third kappa shape index (κ3) is 3.27. The van der Waals surface area contributed by atoms with E-state index in [0.717, 1.165) is 17.2 Å². The van der Waals surface area contributed by atoms with E-state index in [1.165, 1.54) is 0 Å². The Morgan fingerprint density at radius 3 is 2.60 bits per heavy atom. The molecule has 0 bridgehead atoms. The van der Waals surface area contributed by atoms with Crippen molar-refractivity contribution >= 4 is 16.7 Å². The summed E-state index contributed by atoms with van der Waals surface area (Å²) in [5, 5.41) is 14.7. The van der Waals surface area contributed by atoms with Crippen molar-refractivity contribution in [2.45, 2.75) is 19.4 Å². The summed E-state index contributed by atoms with van der Waals surface area (Å²) in [6.45, 7) is 2.50. The fourth-order valence-electron chi connectivity index (χ4n) is 2.08. The van der Waals surface area contributed by atoms with Gasteiger partial charge in [-0.1, -0.05) is 24.3 Å². The monoisotopic (exact) mass is 273 g/mol. The molecule has 2 aromatic carbocycles. The Bertz CT molecular complexity index is 610. The molecule has 4 heteroatoms. The number of hydrogen-bond donors (Lipinski definition) is 2. The molecule has 106 valence electrons. The molecule has 2 N–H and O–H groups in total. The zero-order valence-electron chi connectivity index (χ0n) is 11.7. The average molecular weight is 273 g/mol. The van der Waals surface area contributed by atoms with Crippen LogP contribution in [0.25, 0.3) is 10.8 Å². The number of amides is 1. The molecule has 1 unspecified atom stereocenters. The number of ether oxygens (including phenoxy) is 1. The molecule has 1 atom stereocenters. The van der Waals surface area contributed by atoms with Crippen molar-refractivity contribution in [3.63, 3.8) is 0 Å². The summed E-state index contributed by atoms with van der Waals surface area (Å²) in [4.78, 5) is 12.2. The summed E-state index contributed by atoms with van der Waals surface area (Å²) in [5.74, 6) is -0.267. The predicted molar refractivity (Wildman–Crippen MR) is 79.0 cm³/mol. The van der Waals surface area contributed by atoms with E-state index in [2.05, 4.69) is 5.32 Å². The van der Waals surface area contributed by atoms with Gasteiger partial charge in [-0.15, -0.1) is 0 Å². The minimum atomic E-state index is -0.267. The highest BCUT2D eigenvalue weighted by molar-refractivity contribution is 6.01. The summed E-state index contributed by atoms with van der Waals surface area (Å²) < 4.78 is 4.98. The maximum atomic E-state index is 12.2. The summed E-state index contributed by atoms with van der Waals surface area (Å²) in [6.07, 6.45) is 0.733. The Hall–Kier alpha value is -2.07. The van der Waals surface area contributed by atoms with Crippen LogP contribution in [0.3, 0.4) is 0 Å². The Balaban J connectivity index is 2.19. The molecule has 0 heterocycles. The van der Waals surface area contributed by atoms with Gasteiger partial charge in [0.1, 0.15) is 5.75 Å². The van der Waals surface area contributed by atoms with Crippen LogP contribution in [0, 0.1) is 0 Å². The quantitative estimate of drug-likeness (QED) is 0.880. The summed E-state index contributed by atoms with van der Waals surface area (Å²) in [7, 11) is 1.63. The van der Waals surface area contributed by atoms with Crippen LogP contribution in [0.2, 0.25) is 0 Å². The maximum absolute atomic E-state index is 12.2. The van der Waals surface area contributed by atoms with Gasteiger partial charge in [0.2, 0.25) is 0 Å². The second kappa shape index (κ2) is 6.39. The normalized spacial score (nSPS) is 12.3. The standard InChI is InChI=1S/C16H19NO3/c1-11(7-8-20-2)17-16(19)14-9-12-5-3-4-6-13(12)10-15(14)18/h3-6,9-11,18H,7-8H2,1-2H3,(H,17,19). The largest absolute Gasteiger partial charge is 0.507 e. The van der Waals surface area contributed by atoms with E-state index in [1.807, 2.05) is 31.2 Å². The van der Waals surface area contributed by atoms with Gasteiger partial charge in [-0.05, 0) is 36.2 Å². The number of phenolic OH excluding ortho intramolecular Hbond substituents is 1. The molecule has 0 spiro atoms. The number of fused-ring (bicyclic) bond motifs is 1. The summed E-state index contributed by atoms with van der Waals surface area (Å²) in [5.41, 5.74) is 0.299. The van der Waals surface area contributed by atoms with Crippen LogP contribution >= 0.6 is 0 Å². The summed E-state index contributed by atoms with van der Waals surface area (Å²) in [6, 6.07) is 10.9. The van der Waals surface area contributed by atoms with Crippen molar-refractivity contribution in [3.8, 4) is 5.75 Å². The lowest BCUT2D eigenvalue weighted by Gasteiger charge is -2.14. The van der Waals surface area contributed by atoms with Crippen LogP contribution in [0.4, 0.5) is 0 Å². The van der Waals surface area contributed by atoms with Crippen LogP contribution in [0.5, 0.6) is 5.75 Å². The highest BCUT2D eigenvalue weighted by Crippen LogP contribution is 2.24. The van der Waals surface area contributed by atoms with Crippen LogP contribution in [-0.4, -0.2) is 30.8 Å². The highest BCUT2D eigenvalue weighted by atomic mass is 16.5. The van der Waals surface area contributed by atoms with Crippen molar-refractivity contribution in [1.29, 1.82) is 0 Å². The Morgan fingerprint density at radius 2 is 1.95 bits per heavy atom. The first kappa shape index (κ1) is 14.3. The molecule has 20 heavy (non-hydrogen) atoms. The second-order valence-electron chi connectivity index (χ2n) is 4.87. The van der Waals surface area contributed by atoms with Crippen molar-refractivity contribution in [1.82, 2.24) is 5.32 Å². The number of nitrogens with one attached hydrogen (secondary N) is 1. The number of aromatic hydroxyl groups is 1. The fraction of sp³-hybridized carbons (Fsp3) is 0.312. The van der Waals surface area contributed by atoms with Gasteiger partial charge in [-0.25, -0.2) is 0 Å². The van der Waals surface area contributed by atoms with Crippen LogP contribution < -0.4 is 5.32 Å². The third-order valence-electron chi connectivity index (χ3n) is 3.24. The zero-order chi connectivity index (χ0) is 14.5. The van der Waals surface area contributed by atoms with E-state index in [0.29, 0.717) is 12.2 Å². The molecule has 2 rings (SSSR count). The van der Waals surface area contributed by atoms with Crippen molar-refractivity contribution in [2.24, 2.45) is 0 Å². The van der Waals surface area contributed by atoms with E-state index >= 15 is 0 Å². The van der Waals surface area contributed by atoms with E-state index in [1.54, 1.807) is 19.2 Å². The molecule has 4 nitrogen and oxygen atoms in total. The van der Waals surface area contributed by atoms with Gasteiger partial charge in [0.25, 0.3) is 5.91 Å². The maximum Gasteiger partial charge on any atom is 0.255 e. The van der Waals surface area contributed by atoms with E-state index < -0.39 is 0 Å². The number of rotatable bonds is 5. The van der Waals surface area contributed by atoms with Gasteiger partial charge in [0, 0.05) is 19.8 Å². The number of carbonyl (C=O) groups is 1. The van der Waals surface area contributed by atoms with Crippen LogP contribution in [-0.2, 0) is 4.74 Å². The molecule has 0 radical (unpaired) electrons. The molecule has 0 aliphatic heterocycles. The van der Waals surface area contributed by atoms with Gasteiger partial charge < -0.3 is 15.2 Å². The average Bonchev–Trinajstić information content (AvgIpc) is 2.44. The lowest BCUT2D eigenvalue weighted by molar-refractivity contribution is 0.0927. The van der Waals surface area contributed by atoms with Crippen LogP contribution in [0.1, 0.15) is 23.7 Å². The molecule has 0 saturated heterocycles. The van der Waals surface area contributed by atoms with E-state index in [4.69, 9.17) is 4.74 Å². The first-order chi connectivity index (χ1) is 9.61. The second-order valence-corrected chi connectivity index (χ2v) is 4.87. The predicted octanol–water partition coefficient (Wildman–Crippen LogP) is 2.70. The van der Waals surface area contributed by atoms with Gasteiger partial charge in [0.05, 0.1) is 5.56 Å². The number of benzene rings is 2. The molecule has 1 amide bonds. The first-order valence-corrected chi connectivity index (χ1v) is 6.63. The molecular weight excluding hydrogens is 254 g/mol. The van der Waals surface area contributed by atoms with E-state index in [9.17, 15) is 9.90 Å². The lowest BCUT2D eigenvalue weighted by Crippen LogP contribution is -2.33. The zero-order valence-corrected chi connectivity index (χ0v) is 11.7. The lowest BCUT2D eigenvalue weighted by atomic mass is 10.0. The van der Waals surface area contributed by atoms with Gasteiger partial charge in [-0.2, -0.15) is 0 Å². The molecule has 0 fully saturated rings. The topological polar surface area (TPSA) is 58.6 Å². The molecule has 0 aromatic heterocycles. The number of carbonyl (C=O) groups excluding carboxylic acids is 1. The fourth-order valence-corrected chi connectivity index (χ4v) is 2.08. The van der Waals surface area contributed by atoms with Gasteiger partial charge in [0.15, 0.2) is 0 Å². The van der Waals surface area contributed by atoms with Crippen LogP contribution in [0.15, 0.2) is 36.4 Å². The SMILES string of the molecule is COCCC(C)NC(=O)c1cc2ccccc2cc1O. The van der Waals surface area contributed by atoms with Gasteiger partial charge >= 0.3 is 0 Å². The van der Waals surface area contributed by atoms with Crippen molar-refractivity contribution < 1.29 is 14.6 Å². The first-order valence-electron chi connectivity index (χ1n) is 6.63. The molecule has 2 aromatic rings. The number of phenols is 1. The smallest absolute Gasteiger partial charge is 0.255 e. The number of methoxy groups -OCH3 is 1. The van der Waals surface area contributed by atoms with Gasteiger partial charge in [-0.3, -0.25) is 4.79 Å². The third-order valence-corrected chi connectivity index (χ3v) is 3.24. The van der Waals surface area contributed by atoms with Crippen molar-refractivity contribution in [3.05, 3.63) is 42.0 Å². The highest BCUT2D eigenvalue weighted by Gasteiger charge is 2.14. The minimum Gasteiger partial charge on any atom is -0.507 e. The minimum absolute atomic E-state index is 0.000131. The Morgan fingerprint density at radius 1 is 1.30 bits per heavy atom. The van der Waals surface area contributed by atoms with E-state index in [-0.39, 0.29) is 17.7 Å². The Kier molecular flexibility index (Phi) is 4.58. The number of hydrogen-bond acceptors (Lipinski definition) is 3. The molecular formula is C16H19NO3. The molecule has 0 aliphatic rings. The van der Waals surface area contributed by atoms with Crippen molar-refractivity contribution in [2.75, 3.05) is 13.7 Å². The molecule has 0 aliphatic carbocycles. The Labute approximate surface area is 118 Å². The summed E-state index contributed by atoms with van der Waals surface area (Å²) >= 11 is 0.